The Morgan fingerprint density at radius 1 is 1.26 bits per heavy atom. The second kappa shape index (κ2) is 8.31. The van der Waals surface area contributed by atoms with Gasteiger partial charge >= 0.3 is 5.97 Å². The van der Waals surface area contributed by atoms with E-state index in [4.69, 9.17) is 16.3 Å². The van der Waals surface area contributed by atoms with E-state index >= 15 is 0 Å². The number of nitrogens with zero attached hydrogens (tertiary/aromatic N) is 2. The number of ether oxygens (including phenoxy) is 1. The minimum atomic E-state index is -4.39. The number of rotatable bonds is 7. The summed E-state index contributed by atoms with van der Waals surface area (Å²) in [4.78, 5) is 21.9. The molecular weight excluding hydrogens is 403 g/mol. The molecule has 11 heteroatoms. The van der Waals surface area contributed by atoms with Gasteiger partial charge in [-0.05, 0) is 37.3 Å². The number of esters is 1. The van der Waals surface area contributed by atoms with Crippen LogP contribution in [0.5, 0.6) is 0 Å². The van der Waals surface area contributed by atoms with Gasteiger partial charge in [0.25, 0.3) is 15.7 Å². The summed E-state index contributed by atoms with van der Waals surface area (Å²) in [6.07, 6.45) is 0. The van der Waals surface area contributed by atoms with Crippen LogP contribution >= 0.6 is 11.6 Å². The van der Waals surface area contributed by atoms with Crippen molar-refractivity contribution in [1.82, 2.24) is 0 Å². The summed E-state index contributed by atoms with van der Waals surface area (Å²) in [5.74, 6) is -1.54. The highest BCUT2D eigenvalue weighted by Gasteiger charge is 2.30. The predicted molar refractivity (Wildman–Crippen MR) is 95.7 cm³/mol. The Hall–Kier alpha value is -2.72. The van der Waals surface area contributed by atoms with Gasteiger partial charge in [0.2, 0.25) is 0 Å². The normalized spacial score (nSPS) is 11.1. The molecule has 0 aromatic heterocycles. The highest BCUT2D eigenvalue weighted by atomic mass is 35.5. The van der Waals surface area contributed by atoms with E-state index in [-0.39, 0.29) is 22.2 Å². The number of non-ortho nitro benzene ring substituents is 1. The first kappa shape index (κ1) is 20.6. The van der Waals surface area contributed by atoms with Crippen molar-refractivity contribution >= 4 is 39.0 Å². The zero-order valence-electron chi connectivity index (χ0n) is 14.0. The first-order valence-electron chi connectivity index (χ1n) is 7.54. The van der Waals surface area contributed by atoms with Crippen molar-refractivity contribution < 1.29 is 27.3 Å². The third-order valence-electron chi connectivity index (χ3n) is 3.39. The minimum Gasteiger partial charge on any atom is -0.465 e. The fraction of sp³-hybridized carbons (Fsp3) is 0.188. The van der Waals surface area contributed by atoms with Crippen LogP contribution in [-0.4, -0.2) is 32.5 Å². The molecule has 0 unspecified atom stereocenters. The van der Waals surface area contributed by atoms with E-state index in [2.05, 4.69) is 0 Å². The number of hydrogen-bond acceptors (Lipinski definition) is 6. The van der Waals surface area contributed by atoms with Gasteiger partial charge in [-0.25, -0.2) is 12.8 Å². The van der Waals surface area contributed by atoms with E-state index in [0.29, 0.717) is 4.31 Å². The molecule has 0 heterocycles. The number of halogens is 2. The number of nitro benzene ring substituents is 1. The van der Waals surface area contributed by atoms with Gasteiger partial charge in [0.15, 0.2) is 0 Å². The number of anilines is 1. The quantitative estimate of drug-likeness (QED) is 0.390. The highest BCUT2D eigenvalue weighted by molar-refractivity contribution is 7.92. The van der Waals surface area contributed by atoms with Crippen LogP contribution in [0.4, 0.5) is 15.8 Å². The number of nitro groups is 1. The molecule has 144 valence electrons. The third kappa shape index (κ3) is 4.72. The van der Waals surface area contributed by atoms with E-state index < -0.39 is 39.0 Å². The fourth-order valence-electron chi connectivity index (χ4n) is 2.16. The van der Waals surface area contributed by atoms with E-state index in [0.717, 1.165) is 42.5 Å². The molecule has 0 aliphatic heterocycles. The summed E-state index contributed by atoms with van der Waals surface area (Å²) in [6, 6.07) is 7.06. The standard InChI is InChI=1S/C16H14ClFN2O6S/c1-2-26-16(21)10-19(15-9-12(20(22)23)5-8-14(15)17)27(24,25)13-6-3-11(18)4-7-13/h3-9H,2,10H2,1H3. The SMILES string of the molecule is CCOC(=O)CN(c1cc([N+](=O)[O-])ccc1Cl)S(=O)(=O)c1ccc(F)cc1. The maximum atomic E-state index is 13.1. The Bertz CT molecular complexity index is 965. The van der Waals surface area contributed by atoms with Crippen LogP contribution in [0.15, 0.2) is 47.4 Å². The number of carbonyl (C=O) groups is 1. The smallest absolute Gasteiger partial charge is 0.326 e. The Balaban J connectivity index is 2.61. The third-order valence-corrected chi connectivity index (χ3v) is 5.48. The van der Waals surface area contributed by atoms with Gasteiger partial charge in [0, 0.05) is 12.1 Å². The first-order valence-corrected chi connectivity index (χ1v) is 9.36. The maximum absolute atomic E-state index is 13.1. The summed E-state index contributed by atoms with van der Waals surface area (Å²) < 4.78 is 44.5. The zero-order chi connectivity index (χ0) is 20.2. The maximum Gasteiger partial charge on any atom is 0.326 e. The highest BCUT2D eigenvalue weighted by Crippen LogP contribution is 2.33. The molecular formula is C16H14ClFN2O6S. The van der Waals surface area contributed by atoms with Crippen LogP contribution in [0.2, 0.25) is 5.02 Å². The number of hydrogen-bond donors (Lipinski definition) is 0. The lowest BCUT2D eigenvalue weighted by molar-refractivity contribution is -0.384. The molecule has 0 fully saturated rings. The predicted octanol–water partition coefficient (Wildman–Crippen LogP) is 3.15. The number of benzene rings is 2. The zero-order valence-corrected chi connectivity index (χ0v) is 15.5. The minimum absolute atomic E-state index is 0.00589. The summed E-state index contributed by atoms with van der Waals surface area (Å²) >= 11 is 6.03. The van der Waals surface area contributed by atoms with E-state index in [1.54, 1.807) is 0 Å². The molecule has 0 aliphatic carbocycles. The van der Waals surface area contributed by atoms with Gasteiger partial charge in [-0.3, -0.25) is 19.2 Å². The van der Waals surface area contributed by atoms with Crippen LogP contribution in [0.25, 0.3) is 0 Å². The molecule has 0 aliphatic rings. The molecule has 27 heavy (non-hydrogen) atoms. The van der Waals surface area contributed by atoms with Gasteiger partial charge in [0.05, 0.1) is 27.1 Å². The van der Waals surface area contributed by atoms with Crippen LogP contribution in [-0.2, 0) is 19.6 Å². The lowest BCUT2D eigenvalue weighted by Gasteiger charge is -2.24. The van der Waals surface area contributed by atoms with Gasteiger partial charge < -0.3 is 4.74 Å². The molecule has 2 aromatic carbocycles. The number of sulfonamides is 1. The van der Waals surface area contributed by atoms with Gasteiger partial charge in [-0.15, -0.1) is 0 Å². The van der Waals surface area contributed by atoms with Crippen LogP contribution in [0, 0.1) is 15.9 Å². The summed E-state index contributed by atoms with van der Waals surface area (Å²) in [6.45, 7) is 0.775. The lowest BCUT2D eigenvalue weighted by Crippen LogP contribution is -2.36. The molecule has 0 saturated heterocycles. The van der Waals surface area contributed by atoms with Gasteiger partial charge in [-0.2, -0.15) is 0 Å². The van der Waals surface area contributed by atoms with E-state index in [9.17, 15) is 27.7 Å². The van der Waals surface area contributed by atoms with Crippen LogP contribution in [0.3, 0.4) is 0 Å². The monoisotopic (exact) mass is 416 g/mol. The van der Waals surface area contributed by atoms with Crippen LogP contribution < -0.4 is 4.31 Å². The molecule has 2 aromatic rings. The van der Waals surface area contributed by atoms with Gasteiger partial charge in [-0.1, -0.05) is 11.6 Å². The Labute approximate surface area is 159 Å². The topological polar surface area (TPSA) is 107 Å². The van der Waals surface area contributed by atoms with Crippen molar-refractivity contribution in [1.29, 1.82) is 0 Å². The average molecular weight is 417 g/mol. The summed E-state index contributed by atoms with van der Waals surface area (Å²) in [7, 11) is -4.39. The lowest BCUT2D eigenvalue weighted by atomic mass is 10.3. The molecule has 0 radical (unpaired) electrons. The van der Waals surface area contributed by atoms with Crippen molar-refractivity contribution in [3.8, 4) is 0 Å². The van der Waals surface area contributed by atoms with Crippen molar-refractivity contribution in [2.75, 3.05) is 17.5 Å². The van der Waals surface area contributed by atoms with Crippen molar-refractivity contribution in [3.05, 3.63) is 63.4 Å². The van der Waals surface area contributed by atoms with Crippen molar-refractivity contribution in [2.45, 2.75) is 11.8 Å². The average Bonchev–Trinajstić information content (AvgIpc) is 2.60. The fourth-order valence-corrected chi connectivity index (χ4v) is 3.85. The molecule has 0 saturated carbocycles. The summed E-state index contributed by atoms with van der Waals surface area (Å²) in [5.41, 5.74) is -0.694. The first-order chi connectivity index (χ1) is 12.7. The largest absolute Gasteiger partial charge is 0.465 e. The van der Waals surface area contributed by atoms with E-state index in [1.165, 1.54) is 6.92 Å². The molecule has 0 spiro atoms. The van der Waals surface area contributed by atoms with E-state index in [1.807, 2.05) is 0 Å². The Morgan fingerprint density at radius 2 is 1.89 bits per heavy atom. The Morgan fingerprint density at radius 3 is 2.44 bits per heavy atom. The molecule has 0 atom stereocenters. The van der Waals surface area contributed by atoms with Crippen molar-refractivity contribution in [3.63, 3.8) is 0 Å². The molecule has 0 bridgehead atoms. The number of carbonyl (C=O) groups excluding carboxylic acids is 1. The second-order valence-electron chi connectivity index (χ2n) is 5.16. The van der Waals surface area contributed by atoms with Crippen molar-refractivity contribution in [2.24, 2.45) is 0 Å². The molecule has 8 nitrogen and oxygen atoms in total. The summed E-state index contributed by atoms with van der Waals surface area (Å²) in [5, 5.41) is 10.9. The Kier molecular flexibility index (Phi) is 6.34. The second-order valence-corrected chi connectivity index (χ2v) is 7.43. The molecule has 0 amide bonds. The molecule has 0 N–H and O–H groups in total. The van der Waals surface area contributed by atoms with Gasteiger partial charge in [0.1, 0.15) is 12.4 Å². The molecule has 2 rings (SSSR count). The van der Waals surface area contributed by atoms with Crippen LogP contribution in [0.1, 0.15) is 6.92 Å².